The third kappa shape index (κ3) is 4.09. The smallest absolute Gasteiger partial charge is 0.0963 e. The number of nitrogens with one attached hydrogen (secondary N) is 1. The Balaban J connectivity index is 2.13. The SMILES string of the molecule is CCNC(c1ccc(C)cc1)C(C)Sc1ccccn1. The van der Waals surface area contributed by atoms with Crippen molar-refractivity contribution in [1.82, 2.24) is 10.3 Å². The van der Waals surface area contributed by atoms with Crippen molar-refractivity contribution in [2.45, 2.75) is 37.1 Å². The zero-order valence-electron chi connectivity index (χ0n) is 12.3. The summed E-state index contributed by atoms with van der Waals surface area (Å²) >= 11 is 1.82. The molecule has 0 fully saturated rings. The van der Waals surface area contributed by atoms with Gasteiger partial charge in [0.25, 0.3) is 0 Å². The van der Waals surface area contributed by atoms with Crippen molar-refractivity contribution < 1.29 is 0 Å². The van der Waals surface area contributed by atoms with Crippen LogP contribution in [0.3, 0.4) is 0 Å². The van der Waals surface area contributed by atoms with E-state index < -0.39 is 0 Å². The molecule has 0 bridgehead atoms. The first-order chi connectivity index (χ1) is 9.70. The standard InChI is InChI=1S/C17H22N2S/c1-4-18-17(15-10-8-13(2)9-11-15)14(3)20-16-7-5-6-12-19-16/h5-12,14,17-18H,4H2,1-3H3. The second-order valence-corrected chi connectivity index (χ2v) is 6.33. The van der Waals surface area contributed by atoms with Crippen molar-refractivity contribution in [2.75, 3.05) is 6.54 Å². The van der Waals surface area contributed by atoms with E-state index in [0.29, 0.717) is 11.3 Å². The lowest BCUT2D eigenvalue weighted by atomic mass is 10.0. The van der Waals surface area contributed by atoms with Gasteiger partial charge in [-0.2, -0.15) is 0 Å². The third-order valence-electron chi connectivity index (χ3n) is 3.27. The maximum absolute atomic E-state index is 4.40. The van der Waals surface area contributed by atoms with Gasteiger partial charge in [0.05, 0.1) is 5.03 Å². The fraction of sp³-hybridized carbons (Fsp3) is 0.353. The summed E-state index contributed by atoms with van der Waals surface area (Å²) in [7, 11) is 0. The minimum absolute atomic E-state index is 0.340. The number of hydrogen-bond donors (Lipinski definition) is 1. The van der Waals surface area contributed by atoms with E-state index in [4.69, 9.17) is 0 Å². The Labute approximate surface area is 126 Å². The lowest BCUT2D eigenvalue weighted by Gasteiger charge is -2.24. The average Bonchev–Trinajstić information content (AvgIpc) is 2.47. The van der Waals surface area contributed by atoms with Crippen LogP contribution in [0, 0.1) is 6.92 Å². The summed E-state index contributed by atoms with van der Waals surface area (Å²) in [5.41, 5.74) is 2.64. The van der Waals surface area contributed by atoms with Gasteiger partial charge >= 0.3 is 0 Å². The Morgan fingerprint density at radius 1 is 1.15 bits per heavy atom. The molecule has 0 saturated heterocycles. The van der Waals surface area contributed by atoms with E-state index in [1.807, 2.05) is 30.1 Å². The molecule has 1 N–H and O–H groups in total. The minimum Gasteiger partial charge on any atom is -0.309 e. The van der Waals surface area contributed by atoms with Gasteiger partial charge in [-0.15, -0.1) is 11.8 Å². The van der Waals surface area contributed by atoms with Crippen LogP contribution in [-0.4, -0.2) is 16.8 Å². The molecule has 0 aliphatic heterocycles. The molecule has 0 spiro atoms. The Morgan fingerprint density at radius 3 is 2.50 bits per heavy atom. The van der Waals surface area contributed by atoms with Gasteiger partial charge in [-0.3, -0.25) is 0 Å². The number of thioether (sulfide) groups is 1. The molecule has 0 saturated carbocycles. The molecule has 2 rings (SSSR count). The molecule has 106 valence electrons. The Morgan fingerprint density at radius 2 is 1.90 bits per heavy atom. The van der Waals surface area contributed by atoms with Crippen LogP contribution >= 0.6 is 11.8 Å². The highest BCUT2D eigenvalue weighted by Crippen LogP contribution is 2.30. The molecule has 2 atom stereocenters. The van der Waals surface area contributed by atoms with Gasteiger partial charge in [0.15, 0.2) is 0 Å². The van der Waals surface area contributed by atoms with E-state index in [9.17, 15) is 0 Å². The highest BCUT2D eigenvalue weighted by molar-refractivity contribution is 7.99. The molecule has 20 heavy (non-hydrogen) atoms. The molecule has 2 aromatic rings. The first-order valence-electron chi connectivity index (χ1n) is 7.08. The van der Waals surface area contributed by atoms with E-state index in [1.165, 1.54) is 11.1 Å². The number of rotatable bonds is 6. The molecule has 1 heterocycles. The predicted octanol–water partition coefficient (Wildman–Crippen LogP) is 4.22. The number of aromatic nitrogens is 1. The van der Waals surface area contributed by atoms with E-state index >= 15 is 0 Å². The van der Waals surface area contributed by atoms with E-state index in [0.717, 1.165) is 11.6 Å². The summed E-state index contributed by atoms with van der Waals surface area (Å²) in [5.74, 6) is 0. The van der Waals surface area contributed by atoms with Crippen molar-refractivity contribution in [2.24, 2.45) is 0 Å². The molecular formula is C17H22N2S. The topological polar surface area (TPSA) is 24.9 Å². The molecule has 0 aliphatic rings. The molecule has 1 aromatic heterocycles. The van der Waals surface area contributed by atoms with Crippen LogP contribution in [0.2, 0.25) is 0 Å². The van der Waals surface area contributed by atoms with Gasteiger partial charge < -0.3 is 5.32 Å². The van der Waals surface area contributed by atoms with Gasteiger partial charge in [-0.05, 0) is 31.2 Å². The van der Waals surface area contributed by atoms with Crippen molar-refractivity contribution in [3.63, 3.8) is 0 Å². The van der Waals surface area contributed by atoms with Crippen LogP contribution in [-0.2, 0) is 0 Å². The number of hydrogen-bond acceptors (Lipinski definition) is 3. The monoisotopic (exact) mass is 286 g/mol. The van der Waals surface area contributed by atoms with Gasteiger partial charge in [-0.25, -0.2) is 4.98 Å². The van der Waals surface area contributed by atoms with Crippen LogP contribution in [0.5, 0.6) is 0 Å². The normalized spacial score (nSPS) is 13.9. The Hall–Kier alpha value is -1.32. The van der Waals surface area contributed by atoms with Crippen LogP contribution in [0.25, 0.3) is 0 Å². The fourth-order valence-corrected chi connectivity index (χ4v) is 3.27. The van der Waals surface area contributed by atoms with Crippen LogP contribution in [0.1, 0.15) is 31.0 Å². The number of aryl methyl sites for hydroxylation is 1. The minimum atomic E-state index is 0.340. The zero-order valence-corrected chi connectivity index (χ0v) is 13.2. The summed E-state index contributed by atoms with van der Waals surface area (Å²) < 4.78 is 0. The largest absolute Gasteiger partial charge is 0.309 e. The highest BCUT2D eigenvalue weighted by Gasteiger charge is 2.19. The maximum Gasteiger partial charge on any atom is 0.0963 e. The molecule has 2 unspecified atom stereocenters. The average molecular weight is 286 g/mol. The molecule has 1 aromatic carbocycles. The van der Waals surface area contributed by atoms with E-state index in [2.05, 4.69) is 61.4 Å². The fourth-order valence-electron chi connectivity index (χ4n) is 2.22. The molecule has 2 nitrogen and oxygen atoms in total. The summed E-state index contributed by atoms with van der Waals surface area (Å²) in [6, 6.07) is 15.2. The maximum atomic E-state index is 4.40. The van der Waals surface area contributed by atoms with Gasteiger partial charge in [0.2, 0.25) is 0 Å². The molecule has 3 heteroatoms. The summed E-state index contributed by atoms with van der Waals surface area (Å²) in [6.45, 7) is 7.50. The van der Waals surface area contributed by atoms with Gasteiger partial charge in [0.1, 0.15) is 0 Å². The zero-order chi connectivity index (χ0) is 14.4. The summed E-state index contributed by atoms with van der Waals surface area (Å²) in [6.07, 6.45) is 1.85. The van der Waals surface area contributed by atoms with Gasteiger partial charge in [-0.1, -0.05) is 49.7 Å². The van der Waals surface area contributed by atoms with Crippen LogP contribution < -0.4 is 5.32 Å². The number of benzene rings is 1. The summed E-state index contributed by atoms with van der Waals surface area (Å²) in [4.78, 5) is 4.40. The quantitative estimate of drug-likeness (QED) is 0.805. The van der Waals surface area contributed by atoms with Crippen molar-refractivity contribution in [3.05, 3.63) is 59.8 Å². The Kier molecular flexibility index (Phi) is 5.62. The lowest BCUT2D eigenvalue weighted by molar-refractivity contribution is 0.547. The predicted molar refractivity (Wildman–Crippen MR) is 87.2 cm³/mol. The lowest BCUT2D eigenvalue weighted by Crippen LogP contribution is -2.28. The molecule has 0 amide bonds. The molecule has 0 aliphatic carbocycles. The van der Waals surface area contributed by atoms with E-state index in [-0.39, 0.29) is 0 Å². The Bertz CT molecular complexity index is 510. The number of nitrogens with zero attached hydrogens (tertiary/aromatic N) is 1. The van der Waals surface area contributed by atoms with Crippen molar-refractivity contribution in [1.29, 1.82) is 0 Å². The van der Waals surface area contributed by atoms with E-state index in [1.54, 1.807) is 0 Å². The highest BCUT2D eigenvalue weighted by atomic mass is 32.2. The van der Waals surface area contributed by atoms with Crippen LogP contribution in [0.4, 0.5) is 0 Å². The third-order valence-corrected chi connectivity index (χ3v) is 4.40. The van der Waals surface area contributed by atoms with Crippen LogP contribution in [0.15, 0.2) is 53.7 Å². The molecular weight excluding hydrogens is 264 g/mol. The van der Waals surface area contributed by atoms with Crippen molar-refractivity contribution in [3.8, 4) is 0 Å². The molecule has 0 radical (unpaired) electrons. The summed E-state index contributed by atoms with van der Waals surface area (Å²) in [5, 5.41) is 5.09. The number of pyridine rings is 1. The second-order valence-electron chi connectivity index (χ2n) is 4.94. The first kappa shape index (κ1) is 15.1. The first-order valence-corrected chi connectivity index (χ1v) is 7.96. The van der Waals surface area contributed by atoms with Gasteiger partial charge in [0, 0.05) is 17.5 Å². The van der Waals surface area contributed by atoms with Crippen molar-refractivity contribution >= 4 is 11.8 Å². The second kappa shape index (κ2) is 7.46.